The Hall–Kier alpha value is -1.00. The van der Waals surface area contributed by atoms with Gasteiger partial charge in [0.25, 0.3) is 0 Å². The van der Waals surface area contributed by atoms with Gasteiger partial charge in [-0.3, -0.25) is 0 Å². The number of rotatable bonds is 3. The number of fused-ring (bicyclic) bond motifs is 1. The lowest BCUT2D eigenvalue weighted by Crippen LogP contribution is -2.35. The number of aromatic nitrogens is 2. The van der Waals surface area contributed by atoms with Crippen LogP contribution in [0.4, 0.5) is 0 Å². The van der Waals surface area contributed by atoms with Gasteiger partial charge < -0.3 is 10.3 Å². The normalized spacial score (nSPS) is 25.7. The fourth-order valence-electron chi connectivity index (χ4n) is 2.53. The molecule has 2 N–H and O–H groups in total. The van der Waals surface area contributed by atoms with E-state index in [4.69, 9.17) is 0 Å². The second-order valence-corrected chi connectivity index (χ2v) is 6.48. The lowest BCUT2D eigenvalue weighted by atomic mass is 10.1. The van der Waals surface area contributed by atoms with Crippen molar-refractivity contribution in [3.8, 4) is 0 Å². The van der Waals surface area contributed by atoms with Gasteiger partial charge in [0.2, 0.25) is 0 Å². The number of nitrogens with zero attached hydrogens (tertiary/aromatic N) is 1. The molecule has 1 aromatic carbocycles. The van der Waals surface area contributed by atoms with Crippen molar-refractivity contribution >= 4 is 22.8 Å². The third-order valence-electron chi connectivity index (χ3n) is 3.66. The van der Waals surface area contributed by atoms with Crippen LogP contribution in [0.25, 0.3) is 11.0 Å². The van der Waals surface area contributed by atoms with E-state index >= 15 is 0 Å². The zero-order chi connectivity index (χ0) is 12.5. The predicted molar refractivity (Wildman–Crippen MR) is 78.0 cm³/mol. The molecule has 1 aliphatic heterocycles. The first-order chi connectivity index (χ1) is 8.74. The molecule has 1 fully saturated rings. The standard InChI is InChI=1S/C14H19N3S/c1-9(15-11-7-8-18-10(11)2)14-16-12-5-3-4-6-13(12)17-14/h3-6,9-11,15H,7-8H2,1-2H3,(H,16,17). The highest BCUT2D eigenvalue weighted by Crippen LogP contribution is 2.28. The maximum Gasteiger partial charge on any atom is 0.124 e. The summed E-state index contributed by atoms with van der Waals surface area (Å²) in [5.41, 5.74) is 2.17. The van der Waals surface area contributed by atoms with Crippen LogP contribution in [0.15, 0.2) is 24.3 Å². The minimum absolute atomic E-state index is 0.281. The number of hydrogen-bond acceptors (Lipinski definition) is 3. The molecule has 0 spiro atoms. The van der Waals surface area contributed by atoms with Crippen molar-refractivity contribution in [2.24, 2.45) is 0 Å². The molecule has 1 saturated heterocycles. The summed E-state index contributed by atoms with van der Waals surface area (Å²) in [6, 6.07) is 9.09. The molecule has 3 atom stereocenters. The number of aromatic amines is 1. The van der Waals surface area contributed by atoms with Crippen molar-refractivity contribution in [3.63, 3.8) is 0 Å². The second kappa shape index (κ2) is 4.94. The molecule has 2 aromatic rings. The maximum absolute atomic E-state index is 4.65. The quantitative estimate of drug-likeness (QED) is 0.892. The molecule has 1 aromatic heterocycles. The van der Waals surface area contributed by atoms with E-state index in [1.807, 2.05) is 12.1 Å². The fraction of sp³-hybridized carbons (Fsp3) is 0.500. The van der Waals surface area contributed by atoms with E-state index in [-0.39, 0.29) is 6.04 Å². The molecule has 0 radical (unpaired) electrons. The highest BCUT2D eigenvalue weighted by Gasteiger charge is 2.26. The molecular formula is C14H19N3S. The van der Waals surface area contributed by atoms with E-state index in [1.54, 1.807) is 0 Å². The molecule has 2 heterocycles. The second-order valence-electron chi connectivity index (χ2n) is 5.00. The van der Waals surface area contributed by atoms with Crippen molar-refractivity contribution < 1.29 is 0 Å². The number of H-pyrrole nitrogens is 1. The first-order valence-corrected chi connectivity index (χ1v) is 7.61. The van der Waals surface area contributed by atoms with Crippen LogP contribution < -0.4 is 5.32 Å². The fourth-order valence-corrected chi connectivity index (χ4v) is 3.74. The number of thioether (sulfide) groups is 1. The van der Waals surface area contributed by atoms with Crippen LogP contribution in [0, 0.1) is 0 Å². The molecule has 3 nitrogen and oxygen atoms in total. The van der Waals surface area contributed by atoms with Crippen LogP contribution in [0.2, 0.25) is 0 Å². The number of hydrogen-bond donors (Lipinski definition) is 2. The Morgan fingerprint density at radius 1 is 1.44 bits per heavy atom. The van der Waals surface area contributed by atoms with Gasteiger partial charge in [-0.1, -0.05) is 19.1 Å². The summed E-state index contributed by atoms with van der Waals surface area (Å²) in [6.45, 7) is 4.49. The number of para-hydroxylation sites is 2. The monoisotopic (exact) mass is 261 g/mol. The molecule has 96 valence electrons. The Kier molecular flexibility index (Phi) is 3.31. The van der Waals surface area contributed by atoms with Crippen molar-refractivity contribution in [1.29, 1.82) is 0 Å². The van der Waals surface area contributed by atoms with Gasteiger partial charge in [-0.15, -0.1) is 0 Å². The first kappa shape index (κ1) is 12.1. The van der Waals surface area contributed by atoms with Crippen molar-refractivity contribution in [1.82, 2.24) is 15.3 Å². The Bertz CT molecular complexity index is 504. The Morgan fingerprint density at radius 2 is 2.28 bits per heavy atom. The third kappa shape index (κ3) is 2.27. The Morgan fingerprint density at radius 3 is 3.00 bits per heavy atom. The molecule has 18 heavy (non-hydrogen) atoms. The van der Waals surface area contributed by atoms with Crippen molar-refractivity contribution in [3.05, 3.63) is 30.1 Å². The van der Waals surface area contributed by atoms with E-state index in [9.17, 15) is 0 Å². The summed E-state index contributed by atoms with van der Waals surface area (Å²) < 4.78 is 0. The molecule has 3 rings (SSSR count). The molecule has 4 heteroatoms. The molecular weight excluding hydrogens is 242 g/mol. The van der Waals surface area contributed by atoms with Gasteiger partial charge in [0, 0.05) is 11.3 Å². The zero-order valence-electron chi connectivity index (χ0n) is 10.8. The van der Waals surface area contributed by atoms with Crippen molar-refractivity contribution in [2.75, 3.05) is 5.75 Å². The highest BCUT2D eigenvalue weighted by molar-refractivity contribution is 8.00. The average molecular weight is 261 g/mol. The number of nitrogens with one attached hydrogen (secondary N) is 2. The number of benzene rings is 1. The molecule has 0 amide bonds. The van der Waals surface area contributed by atoms with Crippen LogP contribution in [0.5, 0.6) is 0 Å². The molecule has 0 saturated carbocycles. The van der Waals surface area contributed by atoms with Gasteiger partial charge in [0.15, 0.2) is 0 Å². The van der Waals surface area contributed by atoms with Crippen molar-refractivity contribution in [2.45, 2.75) is 37.6 Å². The third-order valence-corrected chi connectivity index (χ3v) is 4.98. The summed E-state index contributed by atoms with van der Waals surface area (Å²) in [5, 5.41) is 4.40. The van der Waals surface area contributed by atoms with E-state index in [2.05, 4.69) is 53.0 Å². The Labute approximate surface area is 112 Å². The summed E-state index contributed by atoms with van der Waals surface area (Å²) in [6.07, 6.45) is 1.26. The predicted octanol–water partition coefficient (Wildman–Crippen LogP) is 3.11. The van der Waals surface area contributed by atoms with Crippen LogP contribution in [-0.2, 0) is 0 Å². The smallest absolute Gasteiger partial charge is 0.124 e. The van der Waals surface area contributed by atoms with Gasteiger partial charge in [-0.05, 0) is 31.2 Å². The lowest BCUT2D eigenvalue weighted by molar-refractivity contribution is 0.443. The molecule has 0 bridgehead atoms. The van der Waals surface area contributed by atoms with Gasteiger partial charge in [-0.2, -0.15) is 11.8 Å². The summed E-state index contributed by atoms with van der Waals surface area (Å²) in [7, 11) is 0. The first-order valence-electron chi connectivity index (χ1n) is 6.56. The Balaban J connectivity index is 1.77. The van der Waals surface area contributed by atoms with E-state index in [1.165, 1.54) is 12.2 Å². The minimum atomic E-state index is 0.281. The summed E-state index contributed by atoms with van der Waals surface area (Å²) >= 11 is 2.05. The van der Waals surface area contributed by atoms with Crippen LogP contribution in [0.1, 0.15) is 32.1 Å². The van der Waals surface area contributed by atoms with Gasteiger partial charge in [-0.25, -0.2) is 4.98 Å². The molecule has 3 unspecified atom stereocenters. The van der Waals surface area contributed by atoms with E-state index in [0.717, 1.165) is 16.9 Å². The highest BCUT2D eigenvalue weighted by atomic mass is 32.2. The maximum atomic E-state index is 4.65. The minimum Gasteiger partial charge on any atom is -0.341 e. The lowest BCUT2D eigenvalue weighted by Gasteiger charge is -2.20. The molecule has 0 aliphatic carbocycles. The van der Waals surface area contributed by atoms with Crippen LogP contribution in [-0.4, -0.2) is 27.0 Å². The van der Waals surface area contributed by atoms with Gasteiger partial charge >= 0.3 is 0 Å². The van der Waals surface area contributed by atoms with E-state index in [0.29, 0.717) is 11.3 Å². The van der Waals surface area contributed by atoms with Crippen LogP contribution >= 0.6 is 11.8 Å². The van der Waals surface area contributed by atoms with Gasteiger partial charge in [0.05, 0.1) is 17.1 Å². The average Bonchev–Trinajstić information content (AvgIpc) is 2.96. The zero-order valence-corrected chi connectivity index (χ0v) is 11.6. The summed E-state index contributed by atoms with van der Waals surface area (Å²) in [4.78, 5) is 8.06. The largest absolute Gasteiger partial charge is 0.341 e. The molecule has 1 aliphatic rings. The van der Waals surface area contributed by atoms with Crippen LogP contribution in [0.3, 0.4) is 0 Å². The number of imidazole rings is 1. The van der Waals surface area contributed by atoms with E-state index < -0.39 is 0 Å². The summed E-state index contributed by atoms with van der Waals surface area (Å²) in [5.74, 6) is 2.31. The SMILES string of the molecule is CC(NC1CCSC1C)c1nc2ccccc2[nH]1. The van der Waals surface area contributed by atoms with Gasteiger partial charge in [0.1, 0.15) is 5.82 Å². The topological polar surface area (TPSA) is 40.7 Å².